The molecule has 0 atom stereocenters. The van der Waals surface area contributed by atoms with Crippen LogP contribution in [0.1, 0.15) is 5.56 Å². The Balaban J connectivity index is 1.43. The number of aromatic nitrogens is 1. The number of rotatable bonds is 5. The van der Waals surface area contributed by atoms with E-state index < -0.39 is 11.9 Å². The molecule has 0 spiro atoms. The number of para-hydroxylation sites is 1. The average Bonchev–Trinajstić information content (AvgIpc) is 3.31. The second-order valence-corrected chi connectivity index (χ2v) is 8.33. The fourth-order valence-electron chi connectivity index (χ4n) is 3.95. The lowest BCUT2D eigenvalue weighted by atomic mass is 10.1. The van der Waals surface area contributed by atoms with Crippen LogP contribution in [0.15, 0.2) is 84.7 Å². The molecule has 1 aliphatic rings. The molecule has 0 aliphatic carbocycles. The summed E-state index contributed by atoms with van der Waals surface area (Å²) < 4.78 is 14.9. The third kappa shape index (κ3) is 4.51. The number of benzene rings is 3. The first-order chi connectivity index (χ1) is 16.9. The second-order valence-electron chi connectivity index (χ2n) is 7.89. The summed E-state index contributed by atoms with van der Waals surface area (Å²) in [5, 5.41) is 6.55. The minimum atomic E-state index is -0.578. The number of nitrogens with one attached hydrogen (secondary N) is 2. The maximum Gasteiger partial charge on any atom is 0.333 e. The molecule has 1 fully saturated rings. The average molecular weight is 489 g/mol. The maximum atomic E-state index is 13.1. The molecule has 9 heteroatoms. The first-order valence-corrected chi connectivity index (χ1v) is 11.0. The molecule has 0 unspecified atom stereocenters. The van der Waals surface area contributed by atoms with Crippen molar-refractivity contribution in [2.45, 2.75) is 6.54 Å². The summed E-state index contributed by atoms with van der Waals surface area (Å²) in [4.78, 5) is 39.2. The van der Waals surface area contributed by atoms with Crippen LogP contribution in [0.4, 0.5) is 20.6 Å². The molecule has 2 N–H and O–H groups in total. The Hall–Kier alpha value is -4.43. The van der Waals surface area contributed by atoms with Crippen LogP contribution < -0.4 is 15.5 Å². The van der Waals surface area contributed by atoms with Crippen molar-refractivity contribution in [1.82, 2.24) is 9.88 Å². The molecule has 2 heterocycles. The van der Waals surface area contributed by atoms with Crippen molar-refractivity contribution >= 4 is 57.8 Å². The van der Waals surface area contributed by atoms with E-state index >= 15 is 0 Å². The number of hydrogen-bond donors (Lipinski definition) is 2. The first kappa shape index (κ1) is 22.4. The maximum absolute atomic E-state index is 13.1. The zero-order valence-corrected chi connectivity index (χ0v) is 18.9. The molecule has 0 saturated carbocycles. The van der Waals surface area contributed by atoms with E-state index in [1.165, 1.54) is 30.3 Å². The molecular formula is C26H18ClFN4O3. The highest BCUT2D eigenvalue weighted by Crippen LogP contribution is 2.28. The van der Waals surface area contributed by atoms with Crippen LogP contribution in [-0.4, -0.2) is 22.4 Å². The zero-order chi connectivity index (χ0) is 24.5. The Labute approximate surface area is 204 Å². The number of urea groups is 1. The number of anilines is 2. The van der Waals surface area contributed by atoms with Gasteiger partial charge in [0.15, 0.2) is 0 Å². The van der Waals surface area contributed by atoms with Gasteiger partial charge < -0.3 is 15.2 Å². The predicted molar refractivity (Wildman–Crippen MR) is 132 cm³/mol. The summed E-state index contributed by atoms with van der Waals surface area (Å²) in [5.41, 5.74) is 2.39. The van der Waals surface area contributed by atoms with Crippen LogP contribution in [0.3, 0.4) is 0 Å². The molecule has 1 saturated heterocycles. The summed E-state index contributed by atoms with van der Waals surface area (Å²) in [6.07, 6.45) is 3.32. The Morgan fingerprint density at radius 2 is 1.80 bits per heavy atom. The highest BCUT2D eigenvalue weighted by Gasteiger charge is 2.35. The van der Waals surface area contributed by atoms with Crippen LogP contribution in [0.2, 0.25) is 5.02 Å². The minimum Gasteiger partial charge on any atom is -0.337 e. The van der Waals surface area contributed by atoms with Crippen LogP contribution in [0.25, 0.3) is 17.0 Å². The van der Waals surface area contributed by atoms with Crippen molar-refractivity contribution in [3.05, 3.63) is 101 Å². The summed E-state index contributed by atoms with van der Waals surface area (Å²) in [6, 6.07) is 18.8. The minimum absolute atomic E-state index is 0.00396. The molecule has 0 bridgehead atoms. The van der Waals surface area contributed by atoms with Crippen LogP contribution in [0, 0.1) is 5.82 Å². The number of carbonyl (C=O) groups is 3. The zero-order valence-electron chi connectivity index (χ0n) is 18.2. The van der Waals surface area contributed by atoms with E-state index in [2.05, 4.69) is 10.6 Å². The highest BCUT2D eigenvalue weighted by atomic mass is 35.5. The monoisotopic (exact) mass is 488 g/mol. The van der Waals surface area contributed by atoms with E-state index in [0.29, 0.717) is 22.0 Å². The van der Waals surface area contributed by atoms with Crippen LogP contribution >= 0.6 is 11.6 Å². The van der Waals surface area contributed by atoms with E-state index in [-0.39, 0.29) is 24.0 Å². The molecule has 0 radical (unpaired) electrons. The number of amides is 4. The van der Waals surface area contributed by atoms with Gasteiger partial charge >= 0.3 is 6.03 Å². The van der Waals surface area contributed by atoms with Gasteiger partial charge in [-0.3, -0.25) is 9.59 Å². The summed E-state index contributed by atoms with van der Waals surface area (Å²) in [6.45, 7) is -0.00396. The fourth-order valence-corrected chi connectivity index (χ4v) is 4.13. The Morgan fingerprint density at radius 3 is 2.57 bits per heavy atom. The smallest absolute Gasteiger partial charge is 0.333 e. The SMILES string of the molecule is O=C(Cn1cc(C=C2NC(=O)N(c3cccc(Cl)c3)C2=O)c2ccccc21)Nc1ccc(F)cc1. The molecule has 174 valence electrons. The summed E-state index contributed by atoms with van der Waals surface area (Å²) in [7, 11) is 0. The third-order valence-corrected chi connectivity index (χ3v) is 5.74. The second kappa shape index (κ2) is 9.08. The molecule has 3 aromatic carbocycles. The standard InChI is InChI=1S/C26H18ClFN4O3/c27-17-4-3-5-20(13-17)32-25(34)22(30-26(32)35)12-16-14-31(23-7-2-1-6-21(16)23)15-24(33)29-19-10-8-18(28)9-11-19/h1-14H,15H2,(H,29,33)(H,30,35). The topological polar surface area (TPSA) is 83.4 Å². The van der Waals surface area contributed by atoms with Crippen molar-refractivity contribution in [1.29, 1.82) is 0 Å². The van der Waals surface area contributed by atoms with Gasteiger partial charge in [0.2, 0.25) is 5.91 Å². The van der Waals surface area contributed by atoms with Gasteiger partial charge in [-0.25, -0.2) is 14.1 Å². The molecular weight excluding hydrogens is 471 g/mol. The lowest BCUT2D eigenvalue weighted by molar-refractivity contribution is -0.116. The van der Waals surface area contributed by atoms with E-state index in [0.717, 1.165) is 15.8 Å². The van der Waals surface area contributed by atoms with Crippen molar-refractivity contribution in [3.63, 3.8) is 0 Å². The Kier molecular flexibility index (Phi) is 5.80. The summed E-state index contributed by atoms with van der Waals surface area (Å²) >= 11 is 6.02. The number of hydrogen-bond acceptors (Lipinski definition) is 3. The largest absolute Gasteiger partial charge is 0.337 e. The fraction of sp³-hybridized carbons (Fsp3) is 0.0385. The molecule has 1 aliphatic heterocycles. The van der Waals surface area contributed by atoms with Crippen LogP contribution in [0.5, 0.6) is 0 Å². The van der Waals surface area contributed by atoms with Gasteiger partial charge in [-0.1, -0.05) is 35.9 Å². The van der Waals surface area contributed by atoms with Crippen molar-refractivity contribution in [3.8, 4) is 0 Å². The van der Waals surface area contributed by atoms with Crippen molar-refractivity contribution in [2.24, 2.45) is 0 Å². The molecule has 35 heavy (non-hydrogen) atoms. The molecule has 4 aromatic rings. The van der Waals surface area contributed by atoms with Gasteiger partial charge in [0.05, 0.1) is 5.69 Å². The first-order valence-electron chi connectivity index (χ1n) is 10.6. The van der Waals surface area contributed by atoms with Gasteiger partial charge in [0.1, 0.15) is 18.1 Å². The Morgan fingerprint density at radius 1 is 1.03 bits per heavy atom. The lowest BCUT2D eigenvalue weighted by Gasteiger charge is -2.11. The quantitative estimate of drug-likeness (QED) is 0.300. The van der Waals surface area contributed by atoms with E-state index in [9.17, 15) is 18.8 Å². The number of fused-ring (bicyclic) bond motifs is 1. The number of nitrogens with zero attached hydrogens (tertiary/aromatic N) is 2. The van der Waals surface area contributed by atoms with Crippen LogP contribution in [-0.2, 0) is 16.1 Å². The normalized spacial score (nSPS) is 14.6. The summed E-state index contributed by atoms with van der Waals surface area (Å²) in [5.74, 6) is -1.20. The highest BCUT2D eigenvalue weighted by molar-refractivity contribution is 6.32. The molecule has 5 rings (SSSR count). The van der Waals surface area contributed by atoms with Gasteiger partial charge in [-0.2, -0.15) is 0 Å². The van der Waals surface area contributed by atoms with E-state index in [4.69, 9.17) is 11.6 Å². The van der Waals surface area contributed by atoms with Gasteiger partial charge in [-0.15, -0.1) is 0 Å². The van der Waals surface area contributed by atoms with Gasteiger partial charge in [-0.05, 0) is 54.6 Å². The third-order valence-electron chi connectivity index (χ3n) is 5.51. The van der Waals surface area contributed by atoms with Gasteiger partial charge in [0.25, 0.3) is 5.91 Å². The van der Waals surface area contributed by atoms with Crippen molar-refractivity contribution in [2.75, 3.05) is 10.2 Å². The predicted octanol–water partition coefficient (Wildman–Crippen LogP) is 5.17. The molecule has 1 aromatic heterocycles. The molecule has 4 amide bonds. The van der Waals surface area contributed by atoms with Crippen molar-refractivity contribution < 1.29 is 18.8 Å². The number of halogens is 2. The van der Waals surface area contributed by atoms with E-state index in [1.54, 1.807) is 35.0 Å². The lowest BCUT2D eigenvalue weighted by Crippen LogP contribution is -2.30. The van der Waals surface area contributed by atoms with Gasteiger partial charge in [0, 0.05) is 33.4 Å². The number of imide groups is 1. The molecule has 7 nitrogen and oxygen atoms in total. The Bertz CT molecular complexity index is 1510. The number of carbonyl (C=O) groups excluding carboxylic acids is 3. The van der Waals surface area contributed by atoms with E-state index in [1.807, 2.05) is 24.3 Å².